The lowest BCUT2D eigenvalue weighted by Crippen LogP contribution is -2.26. The van der Waals surface area contributed by atoms with Crippen molar-refractivity contribution in [1.29, 1.82) is 0 Å². The summed E-state index contributed by atoms with van der Waals surface area (Å²) in [6.07, 6.45) is -0.510. The molecule has 0 unspecified atom stereocenters. The lowest BCUT2D eigenvalue weighted by atomic mass is 10.3. The van der Waals surface area contributed by atoms with Crippen LogP contribution in [0.25, 0.3) is 0 Å². The summed E-state index contributed by atoms with van der Waals surface area (Å²) >= 11 is 0. The first-order valence-electron chi connectivity index (χ1n) is 4.95. The van der Waals surface area contributed by atoms with Gasteiger partial charge in [0.05, 0.1) is 18.3 Å². The van der Waals surface area contributed by atoms with E-state index in [0.29, 0.717) is 6.54 Å². The first kappa shape index (κ1) is 11.5. The van der Waals surface area contributed by atoms with E-state index < -0.39 is 6.09 Å². The van der Waals surface area contributed by atoms with Crippen molar-refractivity contribution in [3.63, 3.8) is 0 Å². The van der Waals surface area contributed by atoms with Crippen LogP contribution in [0.5, 0.6) is 0 Å². The molecule has 0 fully saturated rings. The summed E-state index contributed by atoms with van der Waals surface area (Å²) in [7, 11) is 0. The highest BCUT2D eigenvalue weighted by molar-refractivity contribution is 5.67. The second-order valence-corrected chi connectivity index (χ2v) is 3.58. The number of carbonyl (C=O) groups is 1. The maximum absolute atomic E-state index is 11.2. The van der Waals surface area contributed by atoms with E-state index >= 15 is 0 Å². The van der Waals surface area contributed by atoms with E-state index in [1.54, 1.807) is 0 Å². The number of rotatable bonds is 3. The standard InChI is InChI=1S/C11H16N2O2/c1-8(2)15-11(14)12-7-10-6-4-5-9(3)13-10/h4-6,8H,7H2,1-3H3,(H,12,14). The van der Waals surface area contributed by atoms with E-state index in [4.69, 9.17) is 4.74 Å². The first-order chi connectivity index (χ1) is 7.08. The van der Waals surface area contributed by atoms with Gasteiger partial charge in [0, 0.05) is 5.69 Å². The number of ether oxygens (including phenoxy) is 1. The predicted molar refractivity (Wildman–Crippen MR) is 57.4 cm³/mol. The largest absolute Gasteiger partial charge is 0.447 e. The molecule has 1 aromatic rings. The second kappa shape index (κ2) is 5.34. The Kier molecular flexibility index (Phi) is 4.09. The van der Waals surface area contributed by atoms with Gasteiger partial charge in [0.2, 0.25) is 0 Å². The molecule has 4 heteroatoms. The third-order valence-electron chi connectivity index (χ3n) is 1.70. The third-order valence-corrected chi connectivity index (χ3v) is 1.70. The Labute approximate surface area is 89.7 Å². The Morgan fingerprint density at radius 1 is 1.53 bits per heavy atom. The highest BCUT2D eigenvalue weighted by Gasteiger charge is 2.04. The molecule has 1 rings (SSSR count). The molecular formula is C11H16N2O2. The molecule has 0 aliphatic heterocycles. The molecule has 1 N–H and O–H groups in total. The van der Waals surface area contributed by atoms with Crippen molar-refractivity contribution in [2.45, 2.75) is 33.4 Å². The number of hydrogen-bond acceptors (Lipinski definition) is 3. The molecule has 0 spiro atoms. The quantitative estimate of drug-likeness (QED) is 0.826. The van der Waals surface area contributed by atoms with Gasteiger partial charge < -0.3 is 10.1 Å². The van der Waals surface area contributed by atoms with Crippen LogP contribution in [0.3, 0.4) is 0 Å². The lowest BCUT2D eigenvalue weighted by Gasteiger charge is -2.09. The minimum Gasteiger partial charge on any atom is -0.447 e. The average Bonchev–Trinajstić information content (AvgIpc) is 2.14. The van der Waals surface area contributed by atoms with Gasteiger partial charge in [-0.1, -0.05) is 6.07 Å². The summed E-state index contributed by atoms with van der Waals surface area (Å²) < 4.78 is 4.92. The zero-order chi connectivity index (χ0) is 11.3. The Balaban J connectivity index is 2.40. The molecule has 15 heavy (non-hydrogen) atoms. The smallest absolute Gasteiger partial charge is 0.407 e. The highest BCUT2D eigenvalue weighted by Crippen LogP contribution is 1.98. The van der Waals surface area contributed by atoms with Crippen LogP contribution in [0.2, 0.25) is 0 Å². The second-order valence-electron chi connectivity index (χ2n) is 3.58. The van der Waals surface area contributed by atoms with Crippen molar-refractivity contribution < 1.29 is 9.53 Å². The van der Waals surface area contributed by atoms with Gasteiger partial charge in [0.25, 0.3) is 0 Å². The number of alkyl carbamates (subject to hydrolysis) is 1. The van der Waals surface area contributed by atoms with E-state index in [-0.39, 0.29) is 6.10 Å². The Morgan fingerprint density at radius 2 is 2.27 bits per heavy atom. The Hall–Kier alpha value is -1.58. The fraction of sp³-hybridized carbons (Fsp3) is 0.455. The van der Waals surface area contributed by atoms with E-state index in [2.05, 4.69) is 10.3 Å². The molecule has 0 bridgehead atoms. The number of hydrogen-bond donors (Lipinski definition) is 1. The van der Waals surface area contributed by atoms with Crippen molar-refractivity contribution in [2.75, 3.05) is 0 Å². The molecule has 4 nitrogen and oxygen atoms in total. The SMILES string of the molecule is Cc1cccc(CNC(=O)OC(C)C)n1. The normalized spacial score (nSPS) is 10.1. The van der Waals surface area contributed by atoms with Crippen molar-refractivity contribution in [3.8, 4) is 0 Å². The average molecular weight is 208 g/mol. The molecular weight excluding hydrogens is 192 g/mol. The minimum absolute atomic E-state index is 0.101. The van der Waals surface area contributed by atoms with E-state index in [9.17, 15) is 4.79 Å². The van der Waals surface area contributed by atoms with Crippen LogP contribution in [0.4, 0.5) is 4.79 Å². The maximum atomic E-state index is 11.2. The number of carbonyl (C=O) groups excluding carboxylic acids is 1. The predicted octanol–water partition coefficient (Wildman–Crippen LogP) is 2.02. The maximum Gasteiger partial charge on any atom is 0.407 e. The van der Waals surface area contributed by atoms with Gasteiger partial charge in [0.15, 0.2) is 0 Å². The molecule has 82 valence electrons. The van der Waals surface area contributed by atoms with Crippen LogP contribution < -0.4 is 5.32 Å². The van der Waals surface area contributed by atoms with Crippen LogP contribution in [-0.4, -0.2) is 17.2 Å². The molecule has 0 radical (unpaired) electrons. The number of aromatic nitrogens is 1. The molecule has 1 amide bonds. The molecule has 0 saturated carbocycles. The summed E-state index contributed by atoms with van der Waals surface area (Å²) in [5.41, 5.74) is 1.77. The van der Waals surface area contributed by atoms with Gasteiger partial charge >= 0.3 is 6.09 Å². The Morgan fingerprint density at radius 3 is 2.87 bits per heavy atom. The fourth-order valence-electron chi connectivity index (χ4n) is 1.12. The van der Waals surface area contributed by atoms with Crippen molar-refractivity contribution in [3.05, 3.63) is 29.6 Å². The fourth-order valence-corrected chi connectivity index (χ4v) is 1.12. The monoisotopic (exact) mass is 208 g/mol. The number of nitrogens with zero attached hydrogens (tertiary/aromatic N) is 1. The zero-order valence-corrected chi connectivity index (χ0v) is 9.28. The van der Waals surface area contributed by atoms with Gasteiger partial charge in [-0.2, -0.15) is 0 Å². The van der Waals surface area contributed by atoms with Crippen molar-refractivity contribution >= 4 is 6.09 Å². The Bertz CT molecular complexity index is 337. The topological polar surface area (TPSA) is 51.2 Å². The summed E-state index contributed by atoms with van der Waals surface area (Å²) in [6.45, 7) is 5.93. The van der Waals surface area contributed by atoms with Crippen LogP contribution in [0.15, 0.2) is 18.2 Å². The summed E-state index contributed by atoms with van der Waals surface area (Å²) in [5.74, 6) is 0. The molecule has 0 aromatic carbocycles. The van der Waals surface area contributed by atoms with E-state index in [0.717, 1.165) is 11.4 Å². The number of nitrogens with one attached hydrogen (secondary N) is 1. The first-order valence-corrected chi connectivity index (χ1v) is 4.95. The molecule has 0 aliphatic rings. The highest BCUT2D eigenvalue weighted by atomic mass is 16.6. The van der Waals surface area contributed by atoms with Crippen molar-refractivity contribution in [1.82, 2.24) is 10.3 Å². The van der Waals surface area contributed by atoms with Crippen LogP contribution in [0.1, 0.15) is 25.2 Å². The lowest BCUT2D eigenvalue weighted by molar-refractivity contribution is 0.115. The molecule has 0 atom stereocenters. The number of pyridine rings is 1. The van der Waals surface area contributed by atoms with Crippen LogP contribution >= 0.6 is 0 Å². The van der Waals surface area contributed by atoms with Gasteiger partial charge in [-0.05, 0) is 32.9 Å². The minimum atomic E-state index is -0.409. The molecule has 1 aromatic heterocycles. The van der Waals surface area contributed by atoms with Gasteiger partial charge in [-0.25, -0.2) is 4.79 Å². The van der Waals surface area contributed by atoms with Crippen molar-refractivity contribution in [2.24, 2.45) is 0 Å². The number of aryl methyl sites for hydroxylation is 1. The number of amides is 1. The van der Waals surface area contributed by atoms with Gasteiger partial charge in [-0.15, -0.1) is 0 Å². The van der Waals surface area contributed by atoms with E-state index in [1.807, 2.05) is 39.0 Å². The van der Waals surface area contributed by atoms with Gasteiger partial charge in [0.1, 0.15) is 0 Å². The molecule has 0 saturated heterocycles. The van der Waals surface area contributed by atoms with Crippen LogP contribution in [-0.2, 0) is 11.3 Å². The third kappa shape index (κ3) is 4.44. The molecule has 0 aliphatic carbocycles. The van der Waals surface area contributed by atoms with E-state index in [1.165, 1.54) is 0 Å². The summed E-state index contributed by atoms with van der Waals surface area (Å²) in [5, 5.41) is 2.63. The molecule has 1 heterocycles. The van der Waals surface area contributed by atoms with Crippen LogP contribution in [0, 0.1) is 6.92 Å². The zero-order valence-electron chi connectivity index (χ0n) is 9.28. The van der Waals surface area contributed by atoms with Gasteiger partial charge in [-0.3, -0.25) is 4.98 Å². The summed E-state index contributed by atoms with van der Waals surface area (Å²) in [4.78, 5) is 15.4. The summed E-state index contributed by atoms with van der Waals surface area (Å²) in [6, 6.07) is 5.69.